The van der Waals surface area contributed by atoms with Gasteiger partial charge in [-0.2, -0.15) is 30.3 Å². The molecular formula is C14H12NOY-. The van der Waals surface area contributed by atoms with Crippen molar-refractivity contribution >= 4 is 12.1 Å². The van der Waals surface area contributed by atoms with E-state index in [0.29, 0.717) is 0 Å². The summed E-state index contributed by atoms with van der Waals surface area (Å²) in [4.78, 5) is 0. The van der Waals surface area contributed by atoms with Crippen LogP contribution >= 0.6 is 0 Å². The Balaban J connectivity index is 0.00000144. The third-order valence-electron chi connectivity index (χ3n) is 2.10. The maximum absolute atomic E-state index is 5.38. The fraction of sp³-hybridized carbons (Fsp3) is 0.0714. The predicted molar refractivity (Wildman–Crippen MR) is 63.2 cm³/mol. The van der Waals surface area contributed by atoms with Crippen LogP contribution in [-0.2, 0) is 32.7 Å². The van der Waals surface area contributed by atoms with Gasteiger partial charge in [0.05, 0.1) is 0 Å². The normalized spacial score (nSPS) is 10.5. The van der Waals surface area contributed by atoms with Gasteiger partial charge in [-0.05, 0) is 5.69 Å². The number of benzene rings is 2. The van der Waals surface area contributed by atoms with Crippen LogP contribution in [0, 0.1) is 6.07 Å². The Morgan fingerprint density at radius 3 is 2.41 bits per heavy atom. The first kappa shape index (κ1) is 14.1. The molecule has 0 aliphatic heterocycles. The van der Waals surface area contributed by atoms with Crippen LogP contribution in [0.2, 0.25) is 0 Å². The van der Waals surface area contributed by atoms with Crippen LogP contribution in [0.5, 0.6) is 5.75 Å². The third-order valence-corrected chi connectivity index (χ3v) is 2.10. The average molecular weight is 299 g/mol. The fourth-order valence-corrected chi connectivity index (χ4v) is 1.25. The molecule has 0 fully saturated rings. The number of hydrogen-bond donors (Lipinski definition) is 0. The predicted octanol–water partition coefficient (Wildman–Crippen LogP) is 2.74. The Morgan fingerprint density at radius 1 is 1.06 bits per heavy atom. The molecule has 0 aliphatic rings. The first-order chi connectivity index (χ1) is 7.86. The molecule has 83 valence electrons. The number of rotatable bonds is 3. The maximum atomic E-state index is 5.38. The van der Waals surface area contributed by atoms with Gasteiger partial charge < -0.3 is 4.74 Å². The van der Waals surface area contributed by atoms with Crippen LogP contribution in [0.1, 0.15) is 0 Å². The Kier molecular flexibility index (Phi) is 6.10. The van der Waals surface area contributed by atoms with Crippen molar-refractivity contribution in [3.05, 3.63) is 60.7 Å². The summed E-state index contributed by atoms with van der Waals surface area (Å²) in [5, 5.41) is 0. The van der Waals surface area contributed by atoms with E-state index in [2.05, 4.69) is 12.5 Å². The number of hydrogen-bond acceptors (Lipinski definition) is 1. The molecule has 0 saturated carbocycles. The van der Waals surface area contributed by atoms with Crippen LogP contribution in [0.25, 0.3) is 0 Å². The van der Waals surface area contributed by atoms with Gasteiger partial charge in [-0.15, -0.1) is 0 Å². The molecular weight excluding hydrogens is 287 g/mol. The summed E-state index contributed by atoms with van der Waals surface area (Å²) in [5.74, 6) is 0.769. The van der Waals surface area contributed by atoms with E-state index in [1.807, 2.05) is 61.6 Å². The van der Waals surface area contributed by atoms with Crippen LogP contribution in [0.3, 0.4) is 0 Å². The molecule has 0 atom stereocenters. The van der Waals surface area contributed by atoms with E-state index in [0.717, 1.165) is 11.4 Å². The van der Waals surface area contributed by atoms with E-state index in [1.165, 1.54) is 0 Å². The molecule has 0 N–H and O–H groups in total. The van der Waals surface area contributed by atoms with Crippen LogP contribution in [0.4, 0.5) is 5.69 Å². The fourth-order valence-electron chi connectivity index (χ4n) is 1.25. The SMILES string of the molecule is C[N+](=[C-]Oc1ccccc1)c1[c-]cccc1.[Y]. The van der Waals surface area contributed by atoms with Gasteiger partial charge in [-0.3, -0.25) is 4.58 Å². The Morgan fingerprint density at radius 2 is 1.76 bits per heavy atom. The Labute approximate surface area is 127 Å². The molecule has 2 aromatic rings. The van der Waals surface area contributed by atoms with E-state index in [4.69, 9.17) is 4.74 Å². The second-order valence-electron chi connectivity index (χ2n) is 3.31. The first-order valence-corrected chi connectivity index (χ1v) is 5.04. The summed E-state index contributed by atoms with van der Waals surface area (Å²) in [5.41, 5.74) is 0.915. The zero-order valence-electron chi connectivity index (χ0n) is 9.63. The largest absolute Gasteiger partial charge is 0.528 e. The quantitative estimate of drug-likeness (QED) is 0.367. The van der Waals surface area contributed by atoms with Crippen molar-refractivity contribution in [1.82, 2.24) is 0 Å². The molecule has 2 aromatic carbocycles. The Bertz CT molecular complexity index is 468. The molecule has 0 saturated heterocycles. The van der Waals surface area contributed by atoms with Crippen molar-refractivity contribution in [2.24, 2.45) is 0 Å². The van der Waals surface area contributed by atoms with Crippen molar-refractivity contribution in [2.45, 2.75) is 0 Å². The van der Waals surface area contributed by atoms with Gasteiger partial charge in [0.25, 0.3) is 0 Å². The molecule has 2 nitrogen and oxygen atoms in total. The average Bonchev–Trinajstić information content (AvgIpc) is 2.38. The number of nitrogens with zero attached hydrogens (tertiary/aromatic N) is 1. The standard InChI is InChI=1S/C14H12NO.Y/c1-15(13-8-4-2-5-9-13)12-16-14-10-6-3-7-11-14;/h2-8,10-11H,1H3;/q-1;. The van der Waals surface area contributed by atoms with E-state index in [9.17, 15) is 0 Å². The van der Waals surface area contributed by atoms with Gasteiger partial charge >= 0.3 is 6.40 Å². The number of ether oxygens (including phenoxy) is 1. The van der Waals surface area contributed by atoms with Crippen molar-refractivity contribution in [3.63, 3.8) is 0 Å². The summed E-state index contributed by atoms with van der Waals surface area (Å²) in [6, 6.07) is 20.3. The van der Waals surface area contributed by atoms with E-state index in [-0.39, 0.29) is 32.7 Å². The number of para-hydroxylation sites is 2. The topological polar surface area (TPSA) is 12.2 Å². The molecule has 0 aromatic heterocycles. The minimum absolute atomic E-state index is 0. The van der Waals surface area contributed by atoms with E-state index >= 15 is 0 Å². The first-order valence-electron chi connectivity index (χ1n) is 5.04. The third kappa shape index (κ3) is 4.41. The minimum atomic E-state index is 0. The molecule has 0 unspecified atom stereocenters. The van der Waals surface area contributed by atoms with Crippen molar-refractivity contribution in [1.29, 1.82) is 0 Å². The maximum Gasteiger partial charge on any atom is 0.314 e. The summed E-state index contributed by atoms with van der Waals surface area (Å²) < 4.78 is 7.14. The van der Waals surface area contributed by atoms with Gasteiger partial charge in [-0.1, -0.05) is 30.3 Å². The second kappa shape index (κ2) is 7.36. The molecule has 2 rings (SSSR count). The van der Waals surface area contributed by atoms with Crippen LogP contribution in [-0.4, -0.2) is 18.0 Å². The molecule has 0 bridgehead atoms. The monoisotopic (exact) mass is 299 g/mol. The summed E-state index contributed by atoms with van der Waals surface area (Å²) in [6.07, 6.45) is 2.82. The van der Waals surface area contributed by atoms with Gasteiger partial charge in [0, 0.05) is 38.5 Å². The van der Waals surface area contributed by atoms with Gasteiger partial charge in [0.2, 0.25) is 0 Å². The molecule has 0 spiro atoms. The smallest absolute Gasteiger partial charge is 0.314 e. The van der Waals surface area contributed by atoms with Crippen LogP contribution < -0.4 is 4.74 Å². The molecule has 0 aliphatic carbocycles. The van der Waals surface area contributed by atoms with Crippen molar-refractivity contribution in [2.75, 3.05) is 7.05 Å². The van der Waals surface area contributed by atoms with Crippen LogP contribution in [0.15, 0.2) is 54.6 Å². The second-order valence-corrected chi connectivity index (χ2v) is 3.31. The van der Waals surface area contributed by atoms with Gasteiger partial charge in [0.1, 0.15) is 7.05 Å². The summed E-state index contributed by atoms with van der Waals surface area (Å²) >= 11 is 0. The van der Waals surface area contributed by atoms with E-state index in [1.54, 1.807) is 4.58 Å². The summed E-state index contributed by atoms with van der Waals surface area (Å²) in [6.45, 7) is 0. The molecule has 0 heterocycles. The van der Waals surface area contributed by atoms with Gasteiger partial charge in [0.15, 0.2) is 0 Å². The molecule has 0 amide bonds. The van der Waals surface area contributed by atoms with Crippen molar-refractivity contribution in [3.8, 4) is 5.75 Å². The van der Waals surface area contributed by atoms with E-state index < -0.39 is 0 Å². The minimum Gasteiger partial charge on any atom is -0.528 e. The molecule has 17 heavy (non-hydrogen) atoms. The van der Waals surface area contributed by atoms with Crippen molar-refractivity contribution < 1.29 is 42.0 Å². The van der Waals surface area contributed by atoms with Gasteiger partial charge in [-0.25, -0.2) is 0 Å². The molecule has 1 radical (unpaired) electrons. The zero-order chi connectivity index (χ0) is 11.2. The Hall–Kier alpha value is -0.986. The molecule has 3 heteroatoms. The summed E-state index contributed by atoms with van der Waals surface area (Å²) in [7, 11) is 1.87. The zero-order valence-corrected chi connectivity index (χ0v) is 12.5.